The van der Waals surface area contributed by atoms with Crippen molar-refractivity contribution in [2.75, 3.05) is 0 Å². The number of esters is 1. The number of aliphatic hydroxyl groups excluding tert-OH is 1. The van der Waals surface area contributed by atoms with Gasteiger partial charge < -0.3 is 9.84 Å². The number of cyclic esters (lactones) is 1. The van der Waals surface area contributed by atoms with Crippen LogP contribution >= 0.6 is 0 Å². The zero-order valence-electron chi connectivity index (χ0n) is 3.76. The molecule has 1 saturated heterocycles. The van der Waals surface area contributed by atoms with E-state index in [1.807, 2.05) is 0 Å². The predicted octanol–water partition coefficient (Wildman–Crippen LogP) is -0.358. The first-order valence-corrected chi connectivity index (χ1v) is 2.16. The largest absolute Gasteiger partial charge is 0.436 e. The van der Waals surface area contributed by atoms with E-state index in [1.165, 1.54) is 0 Å². The highest BCUT2D eigenvalue weighted by molar-refractivity contribution is 5.71. The molecule has 40 valence electrons. The van der Waals surface area contributed by atoms with E-state index in [-0.39, 0.29) is 5.97 Å². The number of ether oxygens (including phenoxy) is 1. The van der Waals surface area contributed by atoms with Gasteiger partial charge in [0.2, 0.25) is 6.29 Å². The molecule has 0 unspecified atom stereocenters. The Balaban J connectivity index is 2.40. The van der Waals surface area contributed by atoms with E-state index in [9.17, 15) is 4.79 Å². The monoisotopic (exact) mass is 102 g/mol. The molecule has 7 heavy (non-hydrogen) atoms. The van der Waals surface area contributed by atoms with Crippen LogP contribution in [0.1, 0.15) is 12.8 Å². The lowest BCUT2D eigenvalue weighted by molar-refractivity contribution is -0.153. The van der Waals surface area contributed by atoms with E-state index in [4.69, 9.17) is 5.11 Å². The van der Waals surface area contributed by atoms with Crippen LogP contribution in [-0.2, 0) is 9.53 Å². The molecule has 1 aliphatic heterocycles. The zero-order chi connectivity index (χ0) is 5.28. The molecule has 0 aromatic rings. The second-order valence-electron chi connectivity index (χ2n) is 1.48. The van der Waals surface area contributed by atoms with Gasteiger partial charge in [0, 0.05) is 6.42 Å². The van der Waals surface area contributed by atoms with Crippen LogP contribution in [0, 0.1) is 0 Å². The summed E-state index contributed by atoms with van der Waals surface area (Å²) in [6.07, 6.45) is -0.00694. The Hall–Kier alpha value is -0.570. The van der Waals surface area contributed by atoms with Crippen molar-refractivity contribution in [1.82, 2.24) is 0 Å². The van der Waals surface area contributed by atoms with E-state index in [1.54, 1.807) is 0 Å². The molecule has 0 saturated carbocycles. The first-order valence-electron chi connectivity index (χ1n) is 2.16. The van der Waals surface area contributed by atoms with E-state index < -0.39 is 6.29 Å². The molecule has 1 heterocycles. The van der Waals surface area contributed by atoms with Crippen molar-refractivity contribution in [2.24, 2.45) is 0 Å². The normalized spacial score (nSPS) is 30.4. The third-order valence-electron chi connectivity index (χ3n) is 0.863. The number of rotatable bonds is 0. The third kappa shape index (κ3) is 0.899. The summed E-state index contributed by atoms with van der Waals surface area (Å²) in [6.45, 7) is 0. The average Bonchev–Trinajstić information content (AvgIpc) is 1.87. The van der Waals surface area contributed by atoms with Gasteiger partial charge in [-0.1, -0.05) is 0 Å². The van der Waals surface area contributed by atoms with E-state index in [0.29, 0.717) is 12.8 Å². The van der Waals surface area contributed by atoms with Crippen molar-refractivity contribution in [3.05, 3.63) is 0 Å². The van der Waals surface area contributed by atoms with Gasteiger partial charge in [-0.05, 0) is 0 Å². The molecule has 0 bridgehead atoms. The minimum absolute atomic E-state index is 0.299. The number of hydrogen-bond donors (Lipinski definition) is 1. The van der Waals surface area contributed by atoms with Gasteiger partial charge in [0.25, 0.3) is 0 Å². The number of aliphatic hydroxyl groups is 1. The first-order chi connectivity index (χ1) is 3.29. The maximum absolute atomic E-state index is 10.1. The molecule has 0 aliphatic carbocycles. The Morgan fingerprint density at radius 3 is 2.71 bits per heavy atom. The molecule has 3 nitrogen and oxygen atoms in total. The van der Waals surface area contributed by atoms with E-state index in [2.05, 4.69) is 4.74 Å². The second-order valence-corrected chi connectivity index (χ2v) is 1.48. The molecule has 1 N–H and O–H groups in total. The van der Waals surface area contributed by atoms with Crippen molar-refractivity contribution in [3.8, 4) is 0 Å². The fourth-order valence-electron chi connectivity index (χ4n) is 0.511. The van der Waals surface area contributed by atoms with Crippen LogP contribution in [0.25, 0.3) is 0 Å². The Morgan fingerprint density at radius 1 is 1.86 bits per heavy atom. The molecule has 0 spiro atoms. The molecule has 1 atom stereocenters. The lowest BCUT2D eigenvalue weighted by Crippen LogP contribution is -2.03. The summed E-state index contributed by atoms with van der Waals surface area (Å²) in [4.78, 5) is 10.1. The third-order valence-corrected chi connectivity index (χ3v) is 0.863. The smallest absolute Gasteiger partial charge is 0.308 e. The summed E-state index contributed by atoms with van der Waals surface area (Å²) < 4.78 is 4.28. The van der Waals surface area contributed by atoms with Gasteiger partial charge in [0.1, 0.15) is 0 Å². The number of hydrogen-bond acceptors (Lipinski definition) is 3. The van der Waals surface area contributed by atoms with Gasteiger partial charge in [0.15, 0.2) is 0 Å². The quantitative estimate of drug-likeness (QED) is 0.425. The van der Waals surface area contributed by atoms with Crippen molar-refractivity contribution in [3.63, 3.8) is 0 Å². The maximum Gasteiger partial charge on any atom is 0.308 e. The van der Waals surface area contributed by atoms with Crippen LogP contribution in [0.5, 0.6) is 0 Å². The van der Waals surface area contributed by atoms with Crippen LogP contribution in [0.2, 0.25) is 0 Å². The SMILES string of the molecule is O=C1CC[C@@H](O)O1. The molecular weight excluding hydrogens is 96.0 g/mol. The molecule has 0 radical (unpaired) electrons. The minimum Gasteiger partial charge on any atom is -0.436 e. The summed E-state index contributed by atoms with van der Waals surface area (Å²) in [6, 6.07) is 0. The molecule has 3 heteroatoms. The topological polar surface area (TPSA) is 46.5 Å². The molecule has 1 rings (SSSR count). The number of carbonyl (C=O) groups excluding carboxylic acids is 1. The highest BCUT2D eigenvalue weighted by Crippen LogP contribution is 2.09. The Kier molecular flexibility index (Phi) is 0.982. The average molecular weight is 102 g/mol. The lowest BCUT2D eigenvalue weighted by Gasteiger charge is -1.94. The van der Waals surface area contributed by atoms with Gasteiger partial charge in [-0.2, -0.15) is 0 Å². The fourth-order valence-corrected chi connectivity index (χ4v) is 0.511. The van der Waals surface area contributed by atoms with Crippen molar-refractivity contribution >= 4 is 5.97 Å². The van der Waals surface area contributed by atoms with Crippen LogP contribution in [0.4, 0.5) is 0 Å². The van der Waals surface area contributed by atoms with Gasteiger partial charge >= 0.3 is 5.97 Å². The molecule has 0 aromatic heterocycles. The minimum atomic E-state index is -0.826. The molecule has 1 fully saturated rings. The summed E-state index contributed by atoms with van der Waals surface area (Å²) in [5.41, 5.74) is 0. The summed E-state index contributed by atoms with van der Waals surface area (Å²) in [5, 5.41) is 8.46. The summed E-state index contributed by atoms with van der Waals surface area (Å²) >= 11 is 0. The van der Waals surface area contributed by atoms with Crippen molar-refractivity contribution in [2.45, 2.75) is 19.1 Å². The molecule has 0 aromatic carbocycles. The van der Waals surface area contributed by atoms with Gasteiger partial charge in [-0.25, -0.2) is 0 Å². The summed E-state index contributed by atoms with van der Waals surface area (Å²) in [7, 11) is 0. The van der Waals surface area contributed by atoms with Gasteiger partial charge in [-0.3, -0.25) is 4.79 Å². The van der Waals surface area contributed by atoms with Crippen LogP contribution in [-0.4, -0.2) is 17.4 Å². The highest BCUT2D eigenvalue weighted by atomic mass is 16.6. The molecule has 0 amide bonds. The van der Waals surface area contributed by atoms with Gasteiger partial charge in [0.05, 0.1) is 6.42 Å². The molecular formula is C4H6O3. The van der Waals surface area contributed by atoms with E-state index >= 15 is 0 Å². The Morgan fingerprint density at radius 2 is 2.57 bits per heavy atom. The zero-order valence-corrected chi connectivity index (χ0v) is 3.76. The van der Waals surface area contributed by atoms with Crippen molar-refractivity contribution in [1.29, 1.82) is 0 Å². The molecule has 1 aliphatic rings. The second kappa shape index (κ2) is 1.50. The Labute approximate surface area is 40.9 Å². The fraction of sp³-hybridized carbons (Fsp3) is 0.750. The highest BCUT2D eigenvalue weighted by Gasteiger charge is 2.19. The van der Waals surface area contributed by atoms with E-state index in [0.717, 1.165) is 0 Å². The van der Waals surface area contributed by atoms with Crippen molar-refractivity contribution < 1.29 is 14.6 Å². The predicted molar refractivity (Wildman–Crippen MR) is 21.3 cm³/mol. The van der Waals surface area contributed by atoms with Gasteiger partial charge in [-0.15, -0.1) is 0 Å². The van der Waals surface area contributed by atoms with Crippen LogP contribution in [0.3, 0.4) is 0 Å². The lowest BCUT2D eigenvalue weighted by atomic mass is 10.4. The standard InChI is InChI=1S/C4H6O3/c5-3-1-2-4(6)7-3/h3,5H,1-2H2/t3-/m0/s1. The first kappa shape index (κ1) is 4.59. The number of carbonyl (C=O) groups is 1. The summed E-state index contributed by atoms with van der Waals surface area (Å²) in [5.74, 6) is -0.299. The van der Waals surface area contributed by atoms with Crippen LogP contribution < -0.4 is 0 Å². The Bertz CT molecular complexity index is 88.9. The van der Waals surface area contributed by atoms with Crippen LogP contribution in [0.15, 0.2) is 0 Å². The maximum atomic E-state index is 10.1.